The smallest absolute Gasteiger partial charge is 0.264 e. The summed E-state index contributed by atoms with van der Waals surface area (Å²) in [4.78, 5) is 19.2. The van der Waals surface area contributed by atoms with Crippen molar-refractivity contribution >= 4 is 21.8 Å². The molecule has 2 aromatic heterocycles. The first kappa shape index (κ1) is 29.6. The van der Waals surface area contributed by atoms with Gasteiger partial charge in [0.2, 0.25) is 17.7 Å². The van der Waals surface area contributed by atoms with Gasteiger partial charge >= 0.3 is 0 Å². The molecule has 0 spiro atoms. The molecule has 0 aliphatic carbocycles. The molecule has 0 atom stereocenters. The van der Waals surface area contributed by atoms with Crippen LogP contribution in [0.5, 0.6) is 5.75 Å². The number of carbonyl (C=O) groups is 1. The Morgan fingerprint density at radius 2 is 1.79 bits per heavy atom. The second kappa shape index (κ2) is 12.5. The van der Waals surface area contributed by atoms with E-state index >= 15 is 0 Å². The maximum absolute atomic E-state index is 13.6. The van der Waals surface area contributed by atoms with Crippen molar-refractivity contribution in [1.82, 2.24) is 15.0 Å². The number of rotatable bonds is 11. The molecule has 2 heterocycles. The van der Waals surface area contributed by atoms with E-state index in [9.17, 15) is 13.2 Å². The standard InChI is InChI=1S/C32H32N4O6S/c1-21-22(2)34-42-31(21)35-43(38,39)29-8-6-5-7-28(29)27-15-12-24(32-33-17-18-41-32)19-25(27)20-36(3)30(37)16-11-23-9-13-26(40-4)14-10-23/h5-10,12-15,17-19,35H,11,16,20H2,1-4H3. The number of benzene rings is 3. The molecule has 43 heavy (non-hydrogen) atoms. The number of ether oxygens (including phenoxy) is 1. The first-order chi connectivity index (χ1) is 20.7. The molecule has 0 fully saturated rings. The number of aryl methyl sites for hydroxylation is 2. The van der Waals surface area contributed by atoms with Crippen LogP contribution >= 0.6 is 0 Å². The van der Waals surface area contributed by atoms with E-state index in [1.54, 1.807) is 57.3 Å². The van der Waals surface area contributed by atoms with Gasteiger partial charge in [0.15, 0.2) is 0 Å². The van der Waals surface area contributed by atoms with Gasteiger partial charge < -0.3 is 18.6 Å². The van der Waals surface area contributed by atoms with Gasteiger partial charge in [-0.3, -0.25) is 4.79 Å². The highest BCUT2D eigenvalue weighted by molar-refractivity contribution is 7.92. The summed E-state index contributed by atoms with van der Waals surface area (Å²) in [5.74, 6) is 1.19. The Morgan fingerprint density at radius 3 is 2.47 bits per heavy atom. The van der Waals surface area contributed by atoms with E-state index < -0.39 is 10.0 Å². The topological polar surface area (TPSA) is 128 Å². The van der Waals surface area contributed by atoms with Crippen LogP contribution in [0.25, 0.3) is 22.6 Å². The van der Waals surface area contributed by atoms with Crippen LogP contribution in [0.1, 0.15) is 28.8 Å². The molecule has 222 valence electrons. The minimum absolute atomic E-state index is 0.0537. The second-order valence-electron chi connectivity index (χ2n) is 10.1. The van der Waals surface area contributed by atoms with Crippen molar-refractivity contribution < 1.29 is 26.9 Å². The molecule has 0 saturated carbocycles. The van der Waals surface area contributed by atoms with Gasteiger partial charge in [0, 0.05) is 36.7 Å². The molecular formula is C32H32N4O6S. The van der Waals surface area contributed by atoms with Crippen molar-refractivity contribution in [3.63, 3.8) is 0 Å². The molecule has 10 nitrogen and oxygen atoms in total. The van der Waals surface area contributed by atoms with Gasteiger partial charge in [-0.15, -0.1) is 0 Å². The lowest BCUT2D eigenvalue weighted by Gasteiger charge is -2.21. The molecule has 0 saturated heterocycles. The van der Waals surface area contributed by atoms with E-state index in [0.29, 0.717) is 46.7 Å². The fourth-order valence-corrected chi connectivity index (χ4v) is 5.95. The highest BCUT2D eigenvalue weighted by Gasteiger charge is 2.24. The third-order valence-corrected chi connectivity index (χ3v) is 8.64. The Kier molecular flexibility index (Phi) is 8.63. The maximum atomic E-state index is 13.6. The lowest BCUT2D eigenvalue weighted by Crippen LogP contribution is -2.26. The number of anilines is 1. The fraction of sp³-hybridized carbons (Fsp3) is 0.219. The summed E-state index contributed by atoms with van der Waals surface area (Å²) in [7, 11) is -0.719. The van der Waals surface area contributed by atoms with E-state index in [2.05, 4.69) is 14.9 Å². The number of nitrogens with zero attached hydrogens (tertiary/aromatic N) is 3. The van der Waals surface area contributed by atoms with Crippen LogP contribution in [0, 0.1) is 13.8 Å². The van der Waals surface area contributed by atoms with E-state index in [1.165, 1.54) is 12.3 Å². The summed E-state index contributed by atoms with van der Waals surface area (Å²) < 4.78 is 45.7. The predicted molar refractivity (Wildman–Crippen MR) is 162 cm³/mol. The average Bonchev–Trinajstić information content (AvgIpc) is 3.66. The lowest BCUT2D eigenvalue weighted by atomic mass is 9.96. The number of oxazole rings is 1. The van der Waals surface area contributed by atoms with Crippen LogP contribution in [-0.4, -0.2) is 43.5 Å². The highest BCUT2D eigenvalue weighted by Crippen LogP contribution is 2.34. The summed E-state index contributed by atoms with van der Waals surface area (Å²) >= 11 is 0. The average molecular weight is 601 g/mol. The Hall–Kier alpha value is -4.90. The van der Waals surface area contributed by atoms with Gasteiger partial charge in [-0.1, -0.05) is 41.6 Å². The minimum Gasteiger partial charge on any atom is -0.497 e. The summed E-state index contributed by atoms with van der Waals surface area (Å²) in [5.41, 5.74) is 4.77. The molecule has 11 heteroatoms. The van der Waals surface area contributed by atoms with E-state index in [4.69, 9.17) is 13.7 Å². The molecule has 3 aromatic carbocycles. The van der Waals surface area contributed by atoms with E-state index in [1.807, 2.05) is 42.5 Å². The van der Waals surface area contributed by atoms with Crippen molar-refractivity contribution in [3.05, 3.63) is 102 Å². The number of hydrogen-bond donors (Lipinski definition) is 1. The van der Waals surface area contributed by atoms with Gasteiger partial charge in [-0.25, -0.2) is 18.1 Å². The zero-order valence-electron chi connectivity index (χ0n) is 24.3. The summed E-state index contributed by atoms with van der Waals surface area (Å²) in [6.07, 6.45) is 3.92. The molecule has 0 bridgehead atoms. The van der Waals surface area contributed by atoms with Crippen molar-refractivity contribution in [2.24, 2.45) is 0 Å². The van der Waals surface area contributed by atoms with Crippen molar-refractivity contribution in [1.29, 1.82) is 0 Å². The van der Waals surface area contributed by atoms with Crippen molar-refractivity contribution in [3.8, 4) is 28.3 Å². The molecule has 0 radical (unpaired) electrons. The van der Waals surface area contributed by atoms with Gasteiger partial charge in [0.25, 0.3) is 10.0 Å². The maximum Gasteiger partial charge on any atom is 0.264 e. The molecule has 5 aromatic rings. The molecule has 0 aliphatic heterocycles. The Bertz CT molecular complexity index is 1830. The summed E-state index contributed by atoms with van der Waals surface area (Å²) in [6, 6.07) is 19.8. The Balaban J connectivity index is 1.46. The predicted octanol–water partition coefficient (Wildman–Crippen LogP) is 6.01. The first-order valence-corrected chi connectivity index (χ1v) is 15.1. The monoisotopic (exact) mass is 600 g/mol. The summed E-state index contributed by atoms with van der Waals surface area (Å²) in [5, 5.41) is 3.85. The van der Waals surface area contributed by atoms with Gasteiger partial charge in [-0.05, 0) is 67.3 Å². The number of methoxy groups -OCH3 is 1. The molecule has 5 rings (SSSR count). The Labute approximate surface area is 250 Å². The normalized spacial score (nSPS) is 11.3. The van der Waals surface area contributed by atoms with Crippen LogP contribution in [-0.2, 0) is 27.8 Å². The zero-order valence-corrected chi connectivity index (χ0v) is 25.1. The fourth-order valence-electron chi connectivity index (χ4n) is 4.68. The molecule has 0 aliphatic rings. The third-order valence-electron chi connectivity index (χ3n) is 7.26. The van der Waals surface area contributed by atoms with Crippen LogP contribution in [0.15, 0.2) is 93.0 Å². The van der Waals surface area contributed by atoms with Crippen LogP contribution in [0.4, 0.5) is 5.88 Å². The Morgan fingerprint density at radius 1 is 1.02 bits per heavy atom. The van der Waals surface area contributed by atoms with Crippen molar-refractivity contribution in [2.75, 3.05) is 18.9 Å². The van der Waals surface area contributed by atoms with E-state index in [0.717, 1.165) is 16.9 Å². The van der Waals surface area contributed by atoms with Gasteiger partial charge in [0.05, 0.1) is 23.9 Å². The number of carbonyl (C=O) groups excluding carboxylic acids is 1. The minimum atomic E-state index is -4.06. The van der Waals surface area contributed by atoms with Gasteiger partial charge in [-0.2, -0.15) is 0 Å². The largest absolute Gasteiger partial charge is 0.497 e. The van der Waals surface area contributed by atoms with Crippen molar-refractivity contribution in [2.45, 2.75) is 38.1 Å². The van der Waals surface area contributed by atoms with E-state index in [-0.39, 0.29) is 23.2 Å². The lowest BCUT2D eigenvalue weighted by molar-refractivity contribution is -0.130. The number of hydrogen-bond acceptors (Lipinski definition) is 8. The zero-order chi connectivity index (χ0) is 30.6. The SMILES string of the molecule is COc1ccc(CCC(=O)N(C)Cc2cc(-c3ncco3)ccc2-c2ccccc2S(=O)(=O)Nc2onc(C)c2C)cc1. The van der Waals surface area contributed by atoms with Gasteiger partial charge in [0.1, 0.15) is 12.0 Å². The van der Waals surface area contributed by atoms with Crippen LogP contribution < -0.4 is 9.46 Å². The second-order valence-corrected chi connectivity index (χ2v) is 11.8. The number of sulfonamides is 1. The van der Waals surface area contributed by atoms with Crippen LogP contribution in [0.2, 0.25) is 0 Å². The first-order valence-electron chi connectivity index (χ1n) is 13.6. The quantitative estimate of drug-likeness (QED) is 0.195. The molecule has 1 N–H and O–H groups in total. The number of nitrogens with one attached hydrogen (secondary N) is 1. The van der Waals surface area contributed by atoms with Crippen LogP contribution in [0.3, 0.4) is 0 Å². The highest BCUT2D eigenvalue weighted by atomic mass is 32.2. The molecule has 1 amide bonds. The number of amides is 1. The summed E-state index contributed by atoms with van der Waals surface area (Å²) in [6.45, 7) is 3.70. The molecular weight excluding hydrogens is 568 g/mol. The third kappa shape index (κ3) is 6.62. The molecule has 0 unspecified atom stereocenters. The number of aromatic nitrogens is 2.